The highest BCUT2D eigenvalue weighted by atomic mass is 31.2. The molecular formula is C23H27FN5O4P. The Balaban J connectivity index is 1.40. The fraction of sp³-hybridized carbons (Fsp3) is 0.348. The SMILES string of the molecule is CCN1N=C(c2nc(-c3ccc(CNCCCP(=O)(O)O)cc3F)no2)CC1c1ccccc1. The molecule has 34 heavy (non-hydrogen) atoms. The van der Waals surface area contributed by atoms with Crippen LogP contribution in [0.3, 0.4) is 0 Å². The molecule has 0 saturated heterocycles. The molecular weight excluding hydrogens is 460 g/mol. The van der Waals surface area contributed by atoms with E-state index >= 15 is 0 Å². The van der Waals surface area contributed by atoms with E-state index in [-0.39, 0.29) is 29.5 Å². The van der Waals surface area contributed by atoms with E-state index < -0.39 is 13.4 Å². The monoisotopic (exact) mass is 487 g/mol. The minimum absolute atomic E-state index is 0.0850. The molecule has 0 amide bonds. The highest BCUT2D eigenvalue weighted by Crippen LogP contribution is 2.34. The molecule has 2 heterocycles. The van der Waals surface area contributed by atoms with Crippen molar-refractivity contribution in [3.05, 3.63) is 71.4 Å². The Morgan fingerprint density at radius 3 is 2.74 bits per heavy atom. The molecule has 3 N–H and O–H groups in total. The lowest BCUT2D eigenvalue weighted by molar-refractivity contribution is 0.246. The minimum Gasteiger partial charge on any atom is -0.332 e. The summed E-state index contributed by atoms with van der Waals surface area (Å²) in [5.74, 6) is -0.0442. The Bertz CT molecular complexity index is 1200. The maximum absolute atomic E-state index is 14.8. The fourth-order valence-corrected chi connectivity index (χ4v) is 4.45. The van der Waals surface area contributed by atoms with Crippen LogP contribution in [-0.2, 0) is 11.1 Å². The van der Waals surface area contributed by atoms with Gasteiger partial charge >= 0.3 is 7.60 Å². The molecule has 0 spiro atoms. The number of hydrazone groups is 1. The van der Waals surface area contributed by atoms with E-state index in [1.165, 1.54) is 6.07 Å². The van der Waals surface area contributed by atoms with Crippen LogP contribution in [0.4, 0.5) is 4.39 Å². The molecule has 0 radical (unpaired) electrons. The number of hydrogen-bond donors (Lipinski definition) is 3. The normalized spacial score (nSPS) is 16.2. The molecule has 0 saturated carbocycles. The van der Waals surface area contributed by atoms with Gasteiger partial charge in [0.2, 0.25) is 5.82 Å². The van der Waals surface area contributed by atoms with Gasteiger partial charge in [0.15, 0.2) is 0 Å². The molecule has 3 aromatic rings. The van der Waals surface area contributed by atoms with E-state index in [2.05, 4.69) is 32.7 Å². The van der Waals surface area contributed by atoms with Crippen molar-refractivity contribution in [3.63, 3.8) is 0 Å². The smallest absolute Gasteiger partial charge is 0.325 e. The van der Waals surface area contributed by atoms with Gasteiger partial charge in [-0.15, -0.1) is 0 Å². The number of aromatic nitrogens is 2. The average molecular weight is 487 g/mol. The van der Waals surface area contributed by atoms with Gasteiger partial charge in [-0.1, -0.05) is 41.6 Å². The van der Waals surface area contributed by atoms with Gasteiger partial charge in [-0.3, -0.25) is 9.57 Å². The second kappa shape index (κ2) is 10.6. The van der Waals surface area contributed by atoms with E-state index in [1.54, 1.807) is 12.1 Å². The first-order valence-corrected chi connectivity index (χ1v) is 12.9. The summed E-state index contributed by atoms with van der Waals surface area (Å²) >= 11 is 0. The molecule has 1 unspecified atom stereocenters. The Hall–Kier alpha value is -2.91. The molecule has 0 bridgehead atoms. The van der Waals surface area contributed by atoms with Crippen LogP contribution in [0.25, 0.3) is 11.4 Å². The largest absolute Gasteiger partial charge is 0.332 e. The number of rotatable bonds is 10. The molecule has 180 valence electrons. The van der Waals surface area contributed by atoms with E-state index in [0.29, 0.717) is 37.2 Å². The molecule has 0 aliphatic carbocycles. The zero-order valence-corrected chi connectivity index (χ0v) is 19.7. The highest BCUT2D eigenvalue weighted by Gasteiger charge is 2.30. The molecule has 11 heteroatoms. The van der Waals surface area contributed by atoms with E-state index in [4.69, 9.17) is 14.3 Å². The summed E-state index contributed by atoms with van der Waals surface area (Å²) < 4.78 is 31.1. The summed E-state index contributed by atoms with van der Waals surface area (Å²) in [7, 11) is -3.99. The quantitative estimate of drug-likeness (QED) is 0.292. The molecule has 4 rings (SSSR count). The van der Waals surface area contributed by atoms with Crippen LogP contribution in [0.2, 0.25) is 0 Å². The topological polar surface area (TPSA) is 124 Å². The Labute approximate surface area is 196 Å². The number of benzene rings is 2. The fourth-order valence-electron chi connectivity index (χ4n) is 3.88. The minimum atomic E-state index is -3.99. The van der Waals surface area contributed by atoms with Crippen molar-refractivity contribution in [2.45, 2.75) is 32.4 Å². The van der Waals surface area contributed by atoms with Gasteiger partial charge in [0, 0.05) is 19.5 Å². The second-order valence-corrected chi connectivity index (χ2v) is 9.87. The van der Waals surface area contributed by atoms with E-state index in [0.717, 1.165) is 12.1 Å². The third kappa shape index (κ3) is 5.95. The van der Waals surface area contributed by atoms with E-state index in [1.807, 2.05) is 30.1 Å². The predicted octanol–water partition coefficient (Wildman–Crippen LogP) is 3.70. The lowest BCUT2D eigenvalue weighted by Crippen LogP contribution is -2.18. The lowest BCUT2D eigenvalue weighted by atomic mass is 10.0. The zero-order valence-electron chi connectivity index (χ0n) is 18.8. The molecule has 1 aliphatic heterocycles. The van der Waals surface area contributed by atoms with Crippen LogP contribution >= 0.6 is 7.60 Å². The number of hydrogen-bond acceptors (Lipinski definition) is 7. The van der Waals surface area contributed by atoms with Crippen molar-refractivity contribution in [1.29, 1.82) is 0 Å². The van der Waals surface area contributed by atoms with Crippen LogP contribution in [0, 0.1) is 5.82 Å². The molecule has 1 aliphatic rings. The molecule has 1 aromatic heterocycles. The summed E-state index contributed by atoms with van der Waals surface area (Å²) in [6, 6.07) is 14.9. The Morgan fingerprint density at radius 2 is 2.03 bits per heavy atom. The first-order chi connectivity index (χ1) is 16.3. The molecule has 9 nitrogen and oxygen atoms in total. The van der Waals surface area contributed by atoms with Crippen LogP contribution in [-0.4, -0.2) is 49.9 Å². The predicted molar refractivity (Wildman–Crippen MR) is 126 cm³/mol. The van der Waals surface area contributed by atoms with Crippen molar-refractivity contribution < 1.29 is 23.3 Å². The standard InChI is InChI=1S/C23H27FN5O4P/c1-2-29-21(17-7-4-3-5-8-17)14-20(27-29)23-26-22(28-33-23)18-10-9-16(13-19(18)24)15-25-11-6-12-34(30,31)32/h3-5,7-10,13,21,25H,2,6,11-12,14-15H2,1H3,(H2,30,31,32). The number of halogens is 1. The molecule has 1 atom stereocenters. The van der Waals surface area contributed by atoms with Crippen molar-refractivity contribution in [1.82, 2.24) is 20.5 Å². The van der Waals surface area contributed by atoms with Crippen LogP contribution in [0.5, 0.6) is 0 Å². The first-order valence-electron chi connectivity index (χ1n) is 11.1. The molecule has 2 aromatic carbocycles. The van der Waals surface area contributed by atoms with Gasteiger partial charge in [-0.2, -0.15) is 10.1 Å². The van der Waals surface area contributed by atoms with E-state index in [9.17, 15) is 8.96 Å². The summed E-state index contributed by atoms with van der Waals surface area (Å²) in [4.78, 5) is 22.1. The summed E-state index contributed by atoms with van der Waals surface area (Å²) in [5.41, 5.74) is 2.75. The van der Waals surface area contributed by atoms with Crippen molar-refractivity contribution >= 4 is 13.3 Å². The van der Waals surface area contributed by atoms with Crippen molar-refractivity contribution in [2.75, 3.05) is 19.3 Å². The first kappa shape index (κ1) is 24.2. The van der Waals surface area contributed by atoms with Crippen molar-refractivity contribution in [2.24, 2.45) is 5.10 Å². The number of nitrogens with zero attached hydrogens (tertiary/aromatic N) is 4. The summed E-state index contributed by atoms with van der Waals surface area (Å²) in [6.07, 6.45) is 0.774. The van der Waals surface area contributed by atoms with Gasteiger partial charge in [0.1, 0.15) is 11.5 Å². The lowest BCUT2D eigenvalue weighted by Gasteiger charge is -2.21. The highest BCUT2D eigenvalue weighted by molar-refractivity contribution is 7.51. The van der Waals surface area contributed by atoms with Crippen LogP contribution in [0.15, 0.2) is 58.2 Å². The van der Waals surface area contributed by atoms with Gasteiger partial charge in [-0.05, 0) is 43.1 Å². The average Bonchev–Trinajstić information content (AvgIpc) is 3.46. The number of nitrogens with one attached hydrogen (secondary N) is 1. The second-order valence-electron chi connectivity index (χ2n) is 8.09. The van der Waals surface area contributed by atoms with Gasteiger partial charge in [0.25, 0.3) is 5.89 Å². The third-order valence-corrected chi connectivity index (χ3v) is 6.48. The zero-order chi connectivity index (χ0) is 24.1. The van der Waals surface area contributed by atoms with Gasteiger partial charge in [0.05, 0.1) is 17.8 Å². The summed E-state index contributed by atoms with van der Waals surface area (Å²) in [5, 5.41) is 13.6. The maximum Gasteiger partial charge on any atom is 0.325 e. The van der Waals surface area contributed by atoms with Gasteiger partial charge < -0.3 is 19.6 Å². The maximum atomic E-state index is 14.8. The molecule has 0 fully saturated rings. The Kier molecular flexibility index (Phi) is 7.53. The third-order valence-electron chi connectivity index (χ3n) is 5.58. The Morgan fingerprint density at radius 1 is 1.24 bits per heavy atom. The van der Waals surface area contributed by atoms with Crippen LogP contribution < -0.4 is 5.32 Å². The van der Waals surface area contributed by atoms with Crippen molar-refractivity contribution in [3.8, 4) is 11.4 Å². The van der Waals surface area contributed by atoms with Crippen LogP contribution in [0.1, 0.15) is 42.8 Å². The van der Waals surface area contributed by atoms with Gasteiger partial charge in [-0.25, -0.2) is 4.39 Å². The summed E-state index contributed by atoms with van der Waals surface area (Å²) in [6.45, 7) is 3.56.